The number of rotatable bonds is 8. The van der Waals surface area contributed by atoms with Gasteiger partial charge in [-0.25, -0.2) is 13.8 Å². The van der Waals surface area contributed by atoms with Crippen molar-refractivity contribution in [3.63, 3.8) is 0 Å². The number of anilines is 1. The Labute approximate surface area is 218 Å². The van der Waals surface area contributed by atoms with E-state index < -0.39 is 11.6 Å². The van der Waals surface area contributed by atoms with Crippen LogP contribution in [0.5, 0.6) is 0 Å². The zero-order chi connectivity index (χ0) is 27.1. The highest BCUT2D eigenvalue weighted by Gasteiger charge is 2.28. The van der Waals surface area contributed by atoms with Gasteiger partial charge in [0.1, 0.15) is 11.4 Å². The molecule has 0 saturated carbocycles. The third kappa shape index (κ3) is 4.79. The Hall–Kier alpha value is -4.05. The van der Waals surface area contributed by atoms with Crippen molar-refractivity contribution in [2.24, 2.45) is 0 Å². The van der Waals surface area contributed by atoms with E-state index in [0.29, 0.717) is 53.2 Å². The molecule has 2 aromatic carbocycles. The van der Waals surface area contributed by atoms with Gasteiger partial charge in [0, 0.05) is 37.4 Å². The van der Waals surface area contributed by atoms with Crippen LogP contribution in [0.4, 0.5) is 14.5 Å². The van der Waals surface area contributed by atoms with Crippen molar-refractivity contribution >= 4 is 22.6 Å². The molecule has 4 aromatic rings. The minimum absolute atomic E-state index is 0.0189. The minimum atomic E-state index is -0.873. The molecule has 1 atom stereocenters. The Morgan fingerprint density at radius 1 is 1.18 bits per heavy atom. The molecule has 0 fully saturated rings. The fraction of sp³-hybridized carbons (Fsp3) is 0.321. The van der Waals surface area contributed by atoms with Gasteiger partial charge in [-0.15, -0.1) is 0 Å². The third-order valence-corrected chi connectivity index (χ3v) is 6.98. The monoisotopic (exact) mass is 520 g/mol. The summed E-state index contributed by atoms with van der Waals surface area (Å²) in [5.74, 6) is -1.36. The van der Waals surface area contributed by atoms with Gasteiger partial charge >= 0.3 is 0 Å². The number of benzene rings is 2. The molecule has 10 heteroatoms. The second-order valence-corrected chi connectivity index (χ2v) is 10.1. The maximum Gasteiger partial charge on any atom is 0.261 e. The number of nitrogens with zero attached hydrogens (tertiary/aromatic N) is 3. The molecule has 3 N–H and O–H groups in total. The minimum Gasteiger partial charge on any atom is -0.381 e. The summed E-state index contributed by atoms with van der Waals surface area (Å²) in [6.45, 7) is 5.41. The molecule has 8 nitrogen and oxygen atoms in total. The molecular weight excluding hydrogens is 490 g/mol. The normalized spacial score (nSPS) is 14.0. The van der Waals surface area contributed by atoms with Crippen LogP contribution in [-0.4, -0.2) is 63.9 Å². The number of likely N-dealkylation sites (N-methyl/N-ethyl adjacent to an activating group) is 1. The van der Waals surface area contributed by atoms with Crippen molar-refractivity contribution in [2.45, 2.75) is 32.9 Å². The summed E-state index contributed by atoms with van der Waals surface area (Å²) in [5, 5.41) is 3.32. The molecule has 0 saturated heterocycles. The maximum absolute atomic E-state index is 14.0. The van der Waals surface area contributed by atoms with Crippen LogP contribution >= 0.6 is 0 Å². The Balaban J connectivity index is 1.42. The van der Waals surface area contributed by atoms with Crippen LogP contribution in [0.25, 0.3) is 22.4 Å². The van der Waals surface area contributed by atoms with E-state index in [0.717, 1.165) is 23.7 Å². The number of fused-ring (bicyclic) bond motifs is 2. The molecule has 2 aromatic heterocycles. The zero-order valence-corrected chi connectivity index (χ0v) is 21.8. The lowest BCUT2D eigenvalue weighted by molar-refractivity contribution is 0.0768. The zero-order valence-electron chi connectivity index (χ0n) is 21.8. The van der Waals surface area contributed by atoms with E-state index in [4.69, 9.17) is 0 Å². The van der Waals surface area contributed by atoms with Crippen molar-refractivity contribution in [3.05, 3.63) is 80.8 Å². The van der Waals surface area contributed by atoms with Gasteiger partial charge in [-0.2, -0.15) is 0 Å². The molecule has 5 rings (SSSR count). The molecule has 0 spiro atoms. The molecule has 1 aliphatic heterocycles. The van der Waals surface area contributed by atoms with Crippen molar-refractivity contribution in [1.82, 2.24) is 24.8 Å². The molecule has 0 bridgehead atoms. The number of halogens is 2. The van der Waals surface area contributed by atoms with Crippen LogP contribution in [0.2, 0.25) is 0 Å². The van der Waals surface area contributed by atoms with Gasteiger partial charge in [0.15, 0.2) is 11.6 Å². The average Bonchev–Trinajstić information content (AvgIpc) is 3.41. The first-order chi connectivity index (χ1) is 18.1. The first-order valence-corrected chi connectivity index (χ1v) is 12.5. The van der Waals surface area contributed by atoms with Gasteiger partial charge in [0.25, 0.3) is 11.5 Å². The lowest BCUT2D eigenvalue weighted by Crippen LogP contribution is -2.31. The number of aromatic nitrogens is 3. The Bertz CT molecular complexity index is 1590. The molecule has 198 valence electrons. The number of imidazole rings is 1. The summed E-state index contributed by atoms with van der Waals surface area (Å²) < 4.78 is 27.6. The highest BCUT2D eigenvalue weighted by molar-refractivity contribution is 6.02. The molecule has 1 aliphatic rings. The number of H-pyrrole nitrogens is 2. The largest absolute Gasteiger partial charge is 0.381 e. The van der Waals surface area contributed by atoms with Crippen molar-refractivity contribution in [3.8, 4) is 11.4 Å². The van der Waals surface area contributed by atoms with Gasteiger partial charge in [-0.1, -0.05) is 6.07 Å². The standard InChI is InChI=1S/C28H30F2N6O2/c1-15(11-17-5-6-20(29)25(30)16(17)2)32-21-7-8-31-27(37)24(21)26-33-22-12-18-14-36(10-9-35(3)4)28(38)19(18)13-23(22)34-26/h5-8,12-13,15H,9-11,14H2,1-4H3,(H,33,34)(H2,31,32,37). The lowest BCUT2D eigenvalue weighted by atomic mass is 10.0. The number of amides is 1. The molecule has 1 amide bonds. The summed E-state index contributed by atoms with van der Waals surface area (Å²) in [4.78, 5) is 40.3. The Morgan fingerprint density at radius 3 is 2.74 bits per heavy atom. The maximum atomic E-state index is 14.0. The summed E-state index contributed by atoms with van der Waals surface area (Å²) in [7, 11) is 3.95. The van der Waals surface area contributed by atoms with Crippen molar-refractivity contribution in [2.75, 3.05) is 32.5 Å². The Morgan fingerprint density at radius 2 is 1.97 bits per heavy atom. The number of pyridine rings is 1. The van der Waals surface area contributed by atoms with E-state index in [1.165, 1.54) is 0 Å². The molecule has 0 radical (unpaired) electrons. The number of aromatic amines is 2. The van der Waals surface area contributed by atoms with Crippen LogP contribution in [0, 0.1) is 18.6 Å². The van der Waals surface area contributed by atoms with E-state index >= 15 is 0 Å². The smallest absolute Gasteiger partial charge is 0.261 e. The van der Waals surface area contributed by atoms with E-state index in [2.05, 4.69) is 20.3 Å². The van der Waals surface area contributed by atoms with E-state index in [1.807, 2.05) is 36.9 Å². The van der Waals surface area contributed by atoms with Gasteiger partial charge in [0.05, 0.1) is 16.7 Å². The second-order valence-electron chi connectivity index (χ2n) is 10.1. The first-order valence-electron chi connectivity index (χ1n) is 12.5. The number of hydrogen-bond donors (Lipinski definition) is 3. The van der Waals surface area contributed by atoms with Crippen LogP contribution in [-0.2, 0) is 13.0 Å². The number of carbonyl (C=O) groups is 1. The molecule has 3 heterocycles. The average molecular weight is 521 g/mol. The molecular formula is C28H30F2N6O2. The third-order valence-electron chi connectivity index (χ3n) is 6.98. The van der Waals surface area contributed by atoms with Crippen molar-refractivity contribution in [1.29, 1.82) is 0 Å². The van der Waals surface area contributed by atoms with Crippen LogP contribution in [0.15, 0.2) is 41.3 Å². The second kappa shape index (κ2) is 10.0. The number of hydrogen-bond acceptors (Lipinski definition) is 5. The SMILES string of the molecule is Cc1c(CC(C)Nc2cc[nH]c(=O)c2-c2nc3cc4c(cc3[nH]2)CN(CCN(C)C)C4=O)ccc(F)c1F. The fourth-order valence-corrected chi connectivity index (χ4v) is 4.89. The predicted octanol–water partition coefficient (Wildman–Crippen LogP) is 4.07. The fourth-order valence-electron chi connectivity index (χ4n) is 4.89. The highest BCUT2D eigenvalue weighted by Crippen LogP contribution is 2.30. The highest BCUT2D eigenvalue weighted by atomic mass is 19.2. The summed E-state index contributed by atoms with van der Waals surface area (Å²) >= 11 is 0. The Kier molecular flexibility index (Phi) is 6.75. The quantitative estimate of drug-likeness (QED) is 0.326. The van der Waals surface area contributed by atoms with Crippen LogP contribution < -0.4 is 10.9 Å². The molecule has 0 aliphatic carbocycles. The van der Waals surface area contributed by atoms with Gasteiger partial charge in [0.2, 0.25) is 0 Å². The van der Waals surface area contributed by atoms with Crippen LogP contribution in [0.3, 0.4) is 0 Å². The van der Waals surface area contributed by atoms with Crippen LogP contribution in [0.1, 0.15) is 34.0 Å². The van der Waals surface area contributed by atoms with Gasteiger partial charge in [-0.05, 0) is 75.3 Å². The molecule has 38 heavy (non-hydrogen) atoms. The number of nitrogens with one attached hydrogen (secondary N) is 3. The lowest BCUT2D eigenvalue weighted by Gasteiger charge is -2.18. The summed E-state index contributed by atoms with van der Waals surface area (Å²) in [6, 6.07) is 7.95. The van der Waals surface area contributed by atoms with Gasteiger partial charge < -0.3 is 25.1 Å². The van der Waals surface area contributed by atoms with Crippen molar-refractivity contribution < 1.29 is 13.6 Å². The first kappa shape index (κ1) is 25.6. The molecule has 1 unspecified atom stereocenters. The van der Waals surface area contributed by atoms with E-state index in [-0.39, 0.29) is 23.1 Å². The van der Waals surface area contributed by atoms with Gasteiger partial charge in [-0.3, -0.25) is 9.59 Å². The predicted molar refractivity (Wildman–Crippen MR) is 143 cm³/mol. The summed E-state index contributed by atoms with van der Waals surface area (Å²) in [5.41, 5.74) is 4.39. The summed E-state index contributed by atoms with van der Waals surface area (Å²) in [6.07, 6.45) is 1.97. The van der Waals surface area contributed by atoms with E-state index in [9.17, 15) is 18.4 Å². The van der Waals surface area contributed by atoms with E-state index in [1.54, 1.807) is 31.3 Å². The topological polar surface area (TPSA) is 97.1 Å². The number of carbonyl (C=O) groups excluding carboxylic acids is 1.